The summed E-state index contributed by atoms with van der Waals surface area (Å²) < 4.78 is 32.7. The number of ether oxygens (including phenoxy) is 6. The average molecular weight is 953 g/mol. The Morgan fingerprint density at radius 1 is 0.471 bits per heavy atom. The molecule has 354 valence electrons. The molecule has 0 radical (unpaired) electrons. The molecule has 0 bridgehead atoms. The minimum atomic E-state index is -2.52. The lowest BCUT2D eigenvalue weighted by Crippen LogP contribution is -2.62. The van der Waals surface area contributed by atoms with Crippen molar-refractivity contribution in [3.63, 3.8) is 0 Å². The largest absolute Gasteiger partial charge is 0.504 e. The maximum atomic E-state index is 14.4. The van der Waals surface area contributed by atoms with E-state index in [1.54, 1.807) is 0 Å². The number of benzene rings is 5. The van der Waals surface area contributed by atoms with Crippen LogP contribution in [0.3, 0.4) is 0 Å². The highest BCUT2D eigenvalue weighted by molar-refractivity contribution is 6.10. The van der Waals surface area contributed by atoms with Crippen LogP contribution in [0, 0.1) is 0 Å². The third-order valence-electron chi connectivity index (χ3n) is 10.7. The number of cyclic esters (lactones) is 1. The molecule has 0 aromatic heterocycles. The molecule has 3 aliphatic rings. The third-order valence-corrected chi connectivity index (χ3v) is 10.7. The van der Waals surface area contributed by atoms with Gasteiger partial charge in [-0.1, -0.05) is 0 Å². The summed E-state index contributed by atoms with van der Waals surface area (Å²) in [6, 6.07) is 2.09. The Bertz CT molecular complexity index is 3100. The Balaban J connectivity index is 1.30. The van der Waals surface area contributed by atoms with E-state index in [9.17, 15) is 106 Å². The first-order valence-corrected chi connectivity index (χ1v) is 18.7. The molecular weight excluding hydrogens is 924 g/mol. The Kier molecular flexibility index (Phi) is 10.5. The number of rotatable bonds is 3. The van der Waals surface area contributed by atoms with Gasteiger partial charge >= 0.3 is 29.8 Å². The number of aromatic carboxylic acids is 1. The number of phenols is 14. The first kappa shape index (κ1) is 45.0. The molecular formula is C41H28O27. The molecule has 5 aromatic carbocycles. The van der Waals surface area contributed by atoms with Crippen molar-refractivity contribution in [2.75, 3.05) is 6.61 Å². The molecule has 5 aromatic rings. The maximum Gasteiger partial charge on any atom is 0.339 e. The van der Waals surface area contributed by atoms with Crippen molar-refractivity contribution in [1.29, 1.82) is 0 Å². The van der Waals surface area contributed by atoms with Crippen LogP contribution < -0.4 is 4.74 Å². The molecule has 27 nitrogen and oxygen atoms in total. The molecule has 3 heterocycles. The van der Waals surface area contributed by atoms with Gasteiger partial charge in [0.1, 0.15) is 18.3 Å². The number of esters is 4. The van der Waals surface area contributed by atoms with Gasteiger partial charge in [0, 0.05) is 34.4 Å². The van der Waals surface area contributed by atoms with Gasteiger partial charge in [-0.15, -0.1) is 0 Å². The van der Waals surface area contributed by atoms with Gasteiger partial charge in [0.2, 0.25) is 34.5 Å². The van der Waals surface area contributed by atoms with Crippen LogP contribution in [-0.2, 0) is 23.7 Å². The number of hydrogen-bond acceptors (Lipinski definition) is 26. The number of hydrogen-bond donors (Lipinski definition) is 16. The second kappa shape index (κ2) is 15.8. The maximum absolute atomic E-state index is 14.4. The Morgan fingerprint density at radius 2 is 0.853 bits per heavy atom. The summed E-state index contributed by atoms with van der Waals surface area (Å²) in [5.74, 6) is -30.6. The van der Waals surface area contributed by atoms with Crippen LogP contribution in [0.15, 0.2) is 30.3 Å². The molecule has 0 amide bonds. The predicted molar refractivity (Wildman–Crippen MR) is 209 cm³/mol. The molecule has 27 heteroatoms. The first-order valence-electron chi connectivity index (χ1n) is 18.7. The van der Waals surface area contributed by atoms with Crippen molar-refractivity contribution in [3.8, 4) is 114 Å². The third kappa shape index (κ3) is 6.80. The van der Waals surface area contributed by atoms with Crippen molar-refractivity contribution in [3.05, 3.63) is 58.1 Å². The fraction of sp³-hybridized carbons (Fsp3) is 0.146. The summed E-state index contributed by atoms with van der Waals surface area (Å²) in [5, 5.41) is 170. The molecule has 0 spiro atoms. The van der Waals surface area contributed by atoms with Crippen LogP contribution >= 0.6 is 0 Å². The van der Waals surface area contributed by atoms with Crippen molar-refractivity contribution in [2.24, 2.45) is 0 Å². The van der Waals surface area contributed by atoms with E-state index in [-0.39, 0.29) is 0 Å². The minimum absolute atomic E-state index is 0.376. The predicted octanol–water partition coefficient (Wildman–Crippen LogP) is 1.57. The van der Waals surface area contributed by atoms with Crippen molar-refractivity contribution >= 4 is 29.8 Å². The lowest BCUT2D eigenvalue weighted by atomic mass is 9.91. The van der Waals surface area contributed by atoms with Crippen LogP contribution in [0.1, 0.15) is 51.8 Å². The zero-order valence-electron chi connectivity index (χ0n) is 33.1. The number of carbonyl (C=O) groups is 5. The zero-order chi connectivity index (χ0) is 49.7. The monoisotopic (exact) mass is 952 g/mol. The lowest BCUT2D eigenvalue weighted by molar-refractivity contribution is -0.284. The smallest absolute Gasteiger partial charge is 0.339 e. The molecule has 16 N–H and O–H groups in total. The van der Waals surface area contributed by atoms with Crippen molar-refractivity contribution in [2.45, 2.75) is 30.7 Å². The highest BCUT2D eigenvalue weighted by Gasteiger charge is 2.54. The Labute approximate surface area is 373 Å². The van der Waals surface area contributed by atoms with Crippen molar-refractivity contribution in [1.82, 2.24) is 0 Å². The van der Waals surface area contributed by atoms with E-state index in [0.29, 0.717) is 30.3 Å². The second-order valence-corrected chi connectivity index (χ2v) is 14.7. The van der Waals surface area contributed by atoms with Crippen LogP contribution in [0.2, 0.25) is 0 Å². The van der Waals surface area contributed by atoms with E-state index < -0.39 is 209 Å². The Morgan fingerprint density at radius 3 is 1.31 bits per heavy atom. The van der Waals surface area contributed by atoms with Gasteiger partial charge in [0.15, 0.2) is 82.1 Å². The topological polar surface area (TPSA) is 464 Å². The van der Waals surface area contributed by atoms with Crippen LogP contribution in [0.4, 0.5) is 0 Å². The highest BCUT2D eigenvalue weighted by Crippen LogP contribution is 2.56. The van der Waals surface area contributed by atoms with Gasteiger partial charge in [-0.3, -0.25) is 0 Å². The fourth-order valence-electron chi connectivity index (χ4n) is 7.53. The van der Waals surface area contributed by atoms with Gasteiger partial charge in [-0.05, 0) is 18.2 Å². The van der Waals surface area contributed by atoms with Crippen LogP contribution in [-0.4, -0.2) is 149 Å². The summed E-state index contributed by atoms with van der Waals surface area (Å²) in [5.41, 5.74) is -9.78. The zero-order valence-corrected chi connectivity index (χ0v) is 33.1. The number of aliphatic hydroxyl groups is 1. The SMILES string of the molecule is O=C(O)c1cc(O)c(O)c(O)c1Oc1cc2c(c(O)c1O)-c1c(cc(O)c(O)c1O)C(=O)O[C@H]1[C@@H]3OC(=O)c4cc(O)c(O)c(O)c4-c4c(cc(O)c(O)c4O)C(=O)O[C@H]3C(O)O[C@@H]1COC2=O. The van der Waals surface area contributed by atoms with Gasteiger partial charge in [-0.2, -0.15) is 0 Å². The highest BCUT2D eigenvalue weighted by atomic mass is 16.7. The number of aliphatic hydroxyl groups excluding tert-OH is 1. The quantitative estimate of drug-likeness (QED) is 0.0693. The first-order chi connectivity index (χ1) is 31.9. The fourth-order valence-corrected chi connectivity index (χ4v) is 7.53. The number of carbonyl (C=O) groups excluding carboxylic acids is 4. The van der Waals surface area contributed by atoms with E-state index in [1.807, 2.05) is 0 Å². The average Bonchev–Trinajstić information content (AvgIpc) is 3.30. The summed E-state index contributed by atoms with van der Waals surface area (Å²) in [7, 11) is 0. The van der Waals surface area contributed by atoms with Crippen LogP contribution in [0.5, 0.6) is 92.0 Å². The molecule has 1 saturated heterocycles. The Hall–Kier alpha value is -9.63. The molecule has 0 aliphatic carbocycles. The summed E-state index contributed by atoms with van der Waals surface area (Å²) in [6.45, 7) is -1.25. The van der Waals surface area contributed by atoms with Crippen LogP contribution in [0.25, 0.3) is 22.3 Å². The molecule has 5 atom stereocenters. The number of phenolic OH excluding ortho intramolecular Hbond substituents is 14. The molecule has 1 unspecified atom stereocenters. The molecule has 68 heavy (non-hydrogen) atoms. The van der Waals surface area contributed by atoms with E-state index in [1.165, 1.54) is 0 Å². The molecule has 1 fully saturated rings. The number of fused-ring (bicyclic) bond motifs is 9. The lowest BCUT2D eigenvalue weighted by Gasteiger charge is -2.43. The standard InChI is InChI=1S/C41H28O27/c42-12-1-7-20(29(53)24(12)48)21-10(5-16(26(50)30(21)54)64-32-11(36(56)57)4-15(45)25(49)31(32)55)37(58)63-6-17-33(66-38(7)59)34-35(41(62)65-17)68-40(61)9-3-14(44)23(47)28(52)19(9)18-8(39(60)67-34)2-13(43)22(46)27(18)51/h1-5,17,33-35,41-55,62H,6H2,(H,56,57)/t17-,33-,34+,35-,41?/m1/s1. The minimum Gasteiger partial charge on any atom is -0.504 e. The van der Waals surface area contributed by atoms with Gasteiger partial charge < -0.3 is 110 Å². The van der Waals surface area contributed by atoms with Gasteiger partial charge in [0.05, 0.1) is 22.3 Å². The molecule has 8 rings (SSSR count). The van der Waals surface area contributed by atoms with Gasteiger partial charge in [-0.25, -0.2) is 24.0 Å². The van der Waals surface area contributed by atoms with E-state index in [0.717, 1.165) is 0 Å². The van der Waals surface area contributed by atoms with E-state index >= 15 is 0 Å². The summed E-state index contributed by atoms with van der Waals surface area (Å²) in [6.07, 6.45) is -11.7. The summed E-state index contributed by atoms with van der Waals surface area (Å²) in [4.78, 5) is 68.6. The second-order valence-electron chi connectivity index (χ2n) is 14.7. The number of aromatic hydroxyl groups is 14. The normalized spacial score (nSPS) is 19.9. The van der Waals surface area contributed by atoms with Crippen molar-refractivity contribution < 1.29 is 134 Å². The number of carboxylic acids is 1. The molecule has 3 aliphatic heterocycles. The number of carboxylic acid groups (broad SMARTS) is 1. The molecule has 0 saturated carbocycles. The van der Waals surface area contributed by atoms with E-state index in [4.69, 9.17) is 28.4 Å². The van der Waals surface area contributed by atoms with Gasteiger partial charge in [0.25, 0.3) is 0 Å². The van der Waals surface area contributed by atoms with E-state index in [2.05, 4.69) is 0 Å². The summed E-state index contributed by atoms with van der Waals surface area (Å²) >= 11 is 0.